The third-order valence-electron chi connectivity index (χ3n) is 6.55. The molecule has 1 aliphatic heterocycles. The normalized spacial score (nSPS) is 14.6. The van der Waals surface area contributed by atoms with Crippen molar-refractivity contribution >= 4 is 39.9 Å². The van der Waals surface area contributed by atoms with Crippen molar-refractivity contribution in [2.75, 3.05) is 29.9 Å². The van der Waals surface area contributed by atoms with Gasteiger partial charge in [-0.05, 0) is 38.4 Å². The Kier molecular flexibility index (Phi) is 6.31. The van der Waals surface area contributed by atoms with Crippen LogP contribution in [0, 0.1) is 6.92 Å². The molecule has 0 bridgehead atoms. The van der Waals surface area contributed by atoms with Gasteiger partial charge in [0.15, 0.2) is 11.5 Å². The maximum Gasteiger partial charge on any atom is 0.259 e. The number of anilines is 2. The Morgan fingerprint density at radius 1 is 1.14 bits per heavy atom. The topological polar surface area (TPSA) is 135 Å². The zero-order valence-corrected chi connectivity index (χ0v) is 20.8. The quantitative estimate of drug-likeness (QED) is 0.360. The number of aryl methyl sites for hydroxylation is 2. The van der Waals surface area contributed by atoms with Crippen molar-refractivity contribution < 1.29 is 9.59 Å². The lowest BCUT2D eigenvalue weighted by Crippen LogP contribution is -2.42. The fourth-order valence-corrected chi connectivity index (χ4v) is 5.00. The molecule has 1 aliphatic rings. The average Bonchev–Trinajstić information content (AvgIpc) is 3.41. The van der Waals surface area contributed by atoms with Crippen LogP contribution in [0.15, 0.2) is 30.7 Å². The highest BCUT2D eigenvalue weighted by Gasteiger charge is 2.23. The maximum absolute atomic E-state index is 13.3. The monoisotopic (exact) mass is 489 g/mol. The number of piperidine rings is 1. The Bertz CT molecular complexity index is 1450. The number of hydrogen-bond donors (Lipinski definition) is 3. The van der Waals surface area contributed by atoms with Crippen molar-refractivity contribution in [2.24, 2.45) is 12.8 Å². The van der Waals surface area contributed by atoms with E-state index < -0.39 is 5.91 Å². The van der Waals surface area contributed by atoms with E-state index in [4.69, 9.17) is 5.73 Å². The molecule has 0 spiro atoms. The van der Waals surface area contributed by atoms with Gasteiger partial charge in [0.2, 0.25) is 5.91 Å². The number of carbonyl (C=O) groups excluding carboxylic acids is 2. The Labute approximate surface area is 208 Å². The van der Waals surface area contributed by atoms with Crippen LogP contribution in [0.25, 0.3) is 16.6 Å². The highest BCUT2D eigenvalue weighted by atomic mass is 16.2. The summed E-state index contributed by atoms with van der Waals surface area (Å²) in [4.78, 5) is 36.0. The molecule has 188 valence electrons. The average molecular weight is 490 g/mol. The van der Waals surface area contributed by atoms with E-state index in [1.807, 2.05) is 32.3 Å². The minimum atomic E-state index is -0.493. The summed E-state index contributed by atoms with van der Waals surface area (Å²) in [6, 6.07) is 4.39. The van der Waals surface area contributed by atoms with Crippen LogP contribution in [0.2, 0.25) is 0 Å². The number of nitrogens with two attached hydrogens (primary N) is 1. The number of fused-ring (bicyclic) bond motifs is 2. The third-order valence-corrected chi connectivity index (χ3v) is 6.55. The van der Waals surface area contributed by atoms with Crippen LogP contribution < -0.4 is 21.3 Å². The zero-order valence-electron chi connectivity index (χ0n) is 20.8. The summed E-state index contributed by atoms with van der Waals surface area (Å²) < 4.78 is 3.48. The largest absolute Gasteiger partial charge is 0.371 e. The lowest BCUT2D eigenvalue weighted by Gasteiger charge is -2.34. The molecule has 0 atom stereocenters. The summed E-state index contributed by atoms with van der Waals surface area (Å²) in [5.74, 6) is -0.440. The second-order valence-corrected chi connectivity index (χ2v) is 9.30. The van der Waals surface area contributed by atoms with Crippen LogP contribution in [0.1, 0.15) is 41.5 Å². The van der Waals surface area contributed by atoms with Gasteiger partial charge in [-0.1, -0.05) is 6.92 Å². The van der Waals surface area contributed by atoms with Gasteiger partial charge in [0.05, 0.1) is 29.6 Å². The Morgan fingerprint density at radius 3 is 2.64 bits per heavy atom. The van der Waals surface area contributed by atoms with E-state index in [1.54, 1.807) is 21.5 Å². The van der Waals surface area contributed by atoms with E-state index in [9.17, 15) is 9.59 Å². The highest BCUT2D eigenvalue weighted by Crippen LogP contribution is 2.31. The van der Waals surface area contributed by atoms with E-state index >= 15 is 0 Å². The van der Waals surface area contributed by atoms with Crippen molar-refractivity contribution in [3.63, 3.8) is 0 Å². The SMILES string of the molecule is CCNC1CCN(c2ccc(C(=O)Nc3cn4cc(C)nc(CC(N)=O)c4n3)c3nn(C)cc23)CC1. The second-order valence-electron chi connectivity index (χ2n) is 9.30. The van der Waals surface area contributed by atoms with Crippen molar-refractivity contribution in [3.8, 4) is 0 Å². The first-order chi connectivity index (χ1) is 17.3. The van der Waals surface area contributed by atoms with Gasteiger partial charge in [0.25, 0.3) is 5.91 Å². The molecule has 4 heterocycles. The molecule has 11 nitrogen and oxygen atoms in total. The highest BCUT2D eigenvalue weighted by molar-refractivity contribution is 6.13. The number of carbonyl (C=O) groups is 2. The molecule has 0 saturated carbocycles. The van der Waals surface area contributed by atoms with Gasteiger partial charge in [-0.25, -0.2) is 4.98 Å². The van der Waals surface area contributed by atoms with Crippen molar-refractivity contribution in [3.05, 3.63) is 47.7 Å². The summed E-state index contributed by atoms with van der Waals surface area (Å²) in [5.41, 5.74) is 9.25. The molecule has 1 aromatic carbocycles. The van der Waals surface area contributed by atoms with Gasteiger partial charge in [-0.3, -0.25) is 19.3 Å². The van der Waals surface area contributed by atoms with Gasteiger partial charge in [-0.15, -0.1) is 0 Å². The van der Waals surface area contributed by atoms with Crippen LogP contribution in [0.3, 0.4) is 0 Å². The molecule has 1 saturated heterocycles. The molecule has 2 amide bonds. The van der Waals surface area contributed by atoms with Gasteiger partial charge < -0.3 is 25.7 Å². The Hall–Kier alpha value is -3.99. The van der Waals surface area contributed by atoms with E-state index in [0.717, 1.165) is 43.5 Å². The van der Waals surface area contributed by atoms with Crippen LogP contribution in [0.5, 0.6) is 0 Å². The predicted octanol–water partition coefficient (Wildman–Crippen LogP) is 1.78. The molecule has 11 heteroatoms. The molecular formula is C25H31N9O2. The first-order valence-electron chi connectivity index (χ1n) is 12.2. The second kappa shape index (κ2) is 9.57. The molecule has 3 aromatic heterocycles. The van der Waals surface area contributed by atoms with E-state index in [1.165, 1.54) is 0 Å². The van der Waals surface area contributed by atoms with E-state index in [2.05, 4.69) is 37.5 Å². The molecule has 36 heavy (non-hydrogen) atoms. The van der Waals surface area contributed by atoms with Crippen LogP contribution in [-0.4, -0.2) is 61.6 Å². The summed E-state index contributed by atoms with van der Waals surface area (Å²) in [5, 5.41) is 12.0. The Balaban J connectivity index is 1.42. The lowest BCUT2D eigenvalue weighted by molar-refractivity contribution is -0.117. The smallest absolute Gasteiger partial charge is 0.259 e. The molecule has 0 radical (unpaired) electrons. The van der Waals surface area contributed by atoms with Crippen LogP contribution in [0.4, 0.5) is 11.5 Å². The molecule has 4 N–H and O–H groups in total. The van der Waals surface area contributed by atoms with Crippen LogP contribution in [-0.2, 0) is 18.3 Å². The standard InChI is InChI=1S/C25H31N9O2/c1-4-27-16-7-9-33(10-8-16)20-6-5-17(23-18(20)13-32(3)31-23)25(36)30-22-14-34-12-15(2)28-19(11-21(26)35)24(34)29-22/h5-6,12-14,16,27H,4,7-11H2,1-3H3,(H2,26,35)(H,30,36). The Morgan fingerprint density at radius 2 is 1.92 bits per heavy atom. The van der Waals surface area contributed by atoms with Crippen molar-refractivity contribution in [1.82, 2.24) is 29.5 Å². The van der Waals surface area contributed by atoms with Crippen LogP contribution >= 0.6 is 0 Å². The molecule has 4 aromatic rings. The number of imidazole rings is 1. The molecule has 0 unspecified atom stereocenters. The summed E-state index contributed by atoms with van der Waals surface area (Å²) in [7, 11) is 1.86. The number of rotatable bonds is 7. The van der Waals surface area contributed by atoms with Crippen molar-refractivity contribution in [1.29, 1.82) is 0 Å². The lowest BCUT2D eigenvalue weighted by atomic mass is 10.0. The maximum atomic E-state index is 13.3. The van der Waals surface area contributed by atoms with Gasteiger partial charge in [0, 0.05) is 49.6 Å². The van der Waals surface area contributed by atoms with Gasteiger partial charge in [0.1, 0.15) is 5.52 Å². The van der Waals surface area contributed by atoms with Gasteiger partial charge >= 0.3 is 0 Å². The number of hydrogen-bond acceptors (Lipinski definition) is 7. The molecule has 0 aliphatic carbocycles. The summed E-state index contributed by atoms with van der Waals surface area (Å²) >= 11 is 0. The summed E-state index contributed by atoms with van der Waals surface area (Å²) in [6.07, 6.45) is 7.58. The fraction of sp³-hybridized carbons (Fsp3) is 0.400. The minimum absolute atomic E-state index is 0.0304. The fourth-order valence-electron chi connectivity index (χ4n) is 5.00. The third kappa shape index (κ3) is 4.61. The number of aromatic nitrogens is 5. The summed E-state index contributed by atoms with van der Waals surface area (Å²) in [6.45, 7) is 6.85. The first-order valence-corrected chi connectivity index (χ1v) is 12.2. The zero-order chi connectivity index (χ0) is 25.4. The minimum Gasteiger partial charge on any atom is -0.371 e. The first kappa shape index (κ1) is 23.7. The molecule has 5 rings (SSSR count). The van der Waals surface area contributed by atoms with Crippen molar-refractivity contribution in [2.45, 2.75) is 39.2 Å². The predicted molar refractivity (Wildman–Crippen MR) is 138 cm³/mol. The van der Waals surface area contributed by atoms with Gasteiger partial charge in [-0.2, -0.15) is 5.10 Å². The number of primary amides is 1. The van der Waals surface area contributed by atoms with E-state index in [0.29, 0.717) is 40.0 Å². The number of nitrogens with zero attached hydrogens (tertiary/aromatic N) is 6. The number of amides is 2. The number of nitrogens with one attached hydrogen (secondary N) is 2. The molecular weight excluding hydrogens is 458 g/mol. The molecule has 1 fully saturated rings. The number of benzene rings is 1. The van der Waals surface area contributed by atoms with E-state index in [-0.39, 0.29) is 12.3 Å².